The SMILES string of the molecule is O=C1C([O-])=C(Cl)C(=O)C([O-])=C1Cl.c1cc(-c2cc[nH+]cc2)cc[nH+]1. The monoisotopic (exact) mass is 364 g/mol. The third-order valence-electron chi connectivity index (χ3n) is 2.98. The molecule has 1 aliphatic carbocycles. The molecule has 1 aliphatic rings. The van der Waals surface area contributed by atoms with E-state index in [0.29, 0.717) is 0 Å². The number of carbonyl (C=O) groups is 2. The number of carbonyl (C=O) groups excluding carboxylic acids is 2. The summed E-state index contributed by atoms with van der Waals surface area (Å²) in [6.45, 7) is 0. The Kier molecular flexibility index (Phi) is 5.68. The molecular formula is C16H10Cl2N2O4. The van der Waals surface area contributed by atoms with Crippen LogP contribution in [0, 0.1) is 0 Å². The summed E-state index contributed by atoms with van der Waals surface area (Å²) in [5.74, 6) is -4.92. The largest absolute Gasteiger partial charge is 0.869 e. The fourth-order valence-electron chi connectivity index (χ4n) is 1.76. The Balaban J connectivity index is 0.000000174. The number of aromatic amines is 2. The zero-order valence-corrected chi connectivity index (χ0v) is 13.5. The Morgan fingerprint density at radius 1 is 0.667 bits per heavy atom. The Bertz CT molecular complexity index is 734. The molecular weight excluding hydrogens is 355 g/mol. The van der Waals surface area contributed by atoms with Crippen molar-refractivity contribution >= 4 is 34.8 Å². The first-order valence-corrected chi connectivity index (χ1v) is 7.34. The third kappa shape index (κ3) is 3.79. The van der Waals surface area contributed by atoms with Crippen molar-refractivity contribution in [1.29, 1.82) is 0 Å². The van der Waals surface area contributed by atoms with Crippen molar-refractivity contribution in [2.75, 3.05) is 0 Å². The normalized spacial score (nSPS) is 14.4. The van der Waals surface area contributed by atoms with Crippen molar-refractivity contribution in [3.05, 3.63) is 70.6 Å². The summed E-state index contributed by atoms with van der Waals surface area (Å²) in [4.78, 5) is 27.4. The second-order valence-corrected chi connectivity index (χ2v) is 5.28. The number of allylic oxidation sites excluding steroid dienone is 2. The topological polar surface area (TPSA) is 109 Å². The Labute approximate surface area is 146 Å². The van der Waals surface area contributed by atoms with Crippen LogP contribution in [0.4, 0.5) is 0 Å². The summed E-state index contributed by atoms with van der Waals surface area (Å²) in [5.41, 5.74) is 2.45. The number of hydrogen-bond acceptors (Lipinski definition) is 4. The first-order chi connectivity index (χ1) is 11.4. The Morgan fingerprint density at radius 2 is 0.958 bits per heavy atom. The van der Waals surface area contributed by atoms with Gasteiger partial charge in [0, 0.05) is 24.3 Å². The quantitative estimate of drug-likeness (QED) is 0.649. The molecule has 0 amide bonds. The molecule has 0 aliphatic heterocycles. The van der Waals surface area contributed by atoms with Gasteiger partial charge in [0.2, 0.25) is 0 Å². The number of aromatic nitrogens is 2. The third-order valence-corrected chi connectivity index (χ3v) is 3.67. The van der Waals surface area contributed by atoms with E-state index in [9.17, 15) is 19.8 Å². The Morgan fingerprint density at radius 3 is 1.25 bits per heavy atom. The van der Waals surface area contributed by atoms with E-state index in [4.69, 9.17) is 23.2 Å². The van der Waals surface area contributed by atoms with Crippen molar-refractivity contribution in [2.45, 2.75) is 0 Å². The lowest BCUT2D eigenvalue weighted by molar-refractivity contribution is -0.378. The van der Waals surface area contributed by atoms with Gasteiger partial charge in [-0.1, -0.05) is 23.2 Å². The van der Waals surface area contributed by atoms with E-state index in [1.165, 1.54) is 11.1 Å². The van der Waals surface area contributed by atoms with Gasteiger partial charge in [0.05, 0.1) is 10.1 Å². The molecule has 2 N–H and O–H groups in total. The van der Waals surface area contributed by atoms with E-state index in [-0.39, 0.29) is 0 Å². The van der Waals surface area contributed by atoms with Crippen molar-refractivity contribution in [3.8, 4) is 11.1 Å². The zero-order valence-electron chi connectivity index (χ0n) is 12.0. The molecule has 0 unspecified atom stereocenters. The number of halogens is 2. The van der Waals surface area contributed by atoms with Crippen LogP contribution < -0.4 is 20.2 Å². The van der Waals surface area contributed by atoms with Gasteiger partial charge in [-0.15, -0.1) is 0 Å². The molecule has 0 spiro atoms. The minimum Gasteiger partial charge on any atom is -0.869 e. The summed E-state index contributed by atoms with van der Waals surface area (Å²) >= 11 is 10.2. The molecule has 0 bridgehead atoms. The van der Waals surface area contributed by atoms with Crippen LogP contribution in [0.2, 0.25) is 0 Å². The van der Waals surface area contributed by atoms with Crippen LogP contribution in [-0.2, 0) is 9.59 Å². The summed E-state index contributed by atoms with van der Waals surface area (Å²) in [7, 11) is 0. The van der Waals surface area contributed by atoms with Crippen LogP contribution >= 0.6 is 23.2 Å². The second kappa shape index (κ2) is 7.72. The summed E-state index contributed by atoms with van der Waals surface area (Å²) in [6.07, 6.45) is 7.69. The molecule has 0 saturated carbocycles. The number of ketones is 2. The molecule has 3 rings (SSSR count). The molecule has 0 fully saturated rings. The molecule has 0 radical (unpaired) electrons. The van der Waals surface area contributed by atoms with Gasteiger partial charge < -0.3 is 10.2 Å². The van der Waals surface area contributed by atoms with Gasteiger partial charge >= 0.3 is 0 Å². The van der Waals surface area contributed by atoms with Crippen LogP contribution in [-0.4, -0.2) is 11.6 Å². The fraction of sp³-hybridized carbons (Fsp3) is 0. The van der Waals surface area contributed by atoms with E-state index in [1.807, 2.05) is 24.8 Å². The number of nitrogens with one attached hydrogen (secondary N) is 2. The maximum Gasteiger partial charge on any atom is 0.190 e. The van der Waals surface area contributed by atoms with Crippen molar-refractivity contribution in [1.82, 2.24) is 0 Å². The number of H-pyrrole nitrogens is 2. The zero-order chi connectivity index (χ0) is 17.7. The number of pyridine rings is 2. The highest BCUT2D eigenvalue weighted by atomic mass is 35.5. The first-order valence-electron chi connectivity index (χ1n) is 6.59. The van der Waals surface area contributed by atoms with E-state index in [0.717, 1.165) is 0 Å². The number of Topliss-reactive ketones (excluding diaryl/α,β-unsaturated/α-hetero) is 2. The summed E-state index contributed by atoms with van der Waals surface area (Å²) in [5, 5.41) is 19.6. The van der Waals surface area contributed by atoms with E-state index < -0.39 is 33.1 Å². The van der Waals surface area contributed by atoms with Gasteiger partial charge in [-0.05, 0) is 22.6 Å². The smallest absolute Gasteiger partial charge is 0.190 e. The van der Waals surface area contributed by atoms with Gasteiger partial charge in [0.1, 0.15) is 0 Å². The highest BCUT2D eigenvalue weighted by Gasteiger charge is 2.22. The van der Waals surface area contributed by atoms with Gasteiger partial charge in [0.25, 0.3) is 0 Å². The van der Waals surface area contributed by atoms with Crippen molar-refractivity contribution < 1.29 is 29.8 Å². The van der Waals surface area contributed by atoms with Gasteiger partial charge in [-0.2, -0.15) is 0 Å². The molecule has 0 atom stereocenters. The molecule has 2 aromatic rings. The summed E-state index contributed by atoms with van der Waals surface area (Å²) < 4.78 is 0. The maximum atomic E-state index is 10.7. The minimum atomic E-state index is -1.23. The summed E-state index contributed by atoms with van der Waals surface area (Å²) in [6, 6.07) is 8.20. The molecule has 24 heavy (non-hydrogen) atoms. The lowest BCUT2D eigenvalue weighted by Gasteiger charge is -2.23. The molecule has 2 aromatic heterocycles. The van der Waals surface area contributed by atoms with Crippen LogP contribution in [0.15, 0.2) is 70.6 Å². The van der Waals surface area contributed by atoms with Crippen LogP contribution in [0.5, 0.6) is 0 Å². The van der Waals surface area contributed by atoms with Crippen molar-refractivity contribution in [3.63, 3.8) is 0 Å². The molecule has 2 heterocycles. The van der Waals surface area contributed by atoms with Crippen LogP contribution in [0.3, 0.4) is 0 Å². The molecule has 8 heteroatoms. The lowest BCUT2D eigenvalue weighted by Crippen LogP contribution is -2.31. The minimum absolute atomic E-state index is 0.894. The molecule has 0 aromatic carbocycles. The van der Waals surface area contributed by atoms with Crippen molar-refractivity contribution in [2.24, 2.45) is 0 Å². The maximum absolute atomic E-state index is 10.7. The first kappa shape index (κ1) is 17.7. The average molecular weight is 365 g/mol. The predicted octanol–water partition coefficient (Wildman–Crippen LogP) is -0.259. The Hall–Kier alpha value is -2.70. The van der Waals surface area contributed by atoms with E-state index >= 15 is 0 Å². The van der Waals surface area contributed by atoms with Gasteiger partial charge in [-0.3, -0.25) is 9.59 Å². The van der Waals surface area contributed by atoms with E-state index in [1.54, 1.807) is 0 Å². The molecule has 6 nitrogen and oxygen atoms in total. The van der Waals surface area contributed by atoms with E-state index in [2.05, 4.69) is 34.2 Å². The highest BCUT2D eigenvalue weighted by Crippen LogP contribution is 2.23. The van der Waals surface area contributed by atoms with Gasteiger partial charge in [-0.25, -0.2) is 9.97 Å². The highest BCUT2D eigenvalue weighted by molar-refractivity contribution is 6.55. The van der Waals surface area contributed by atoms with Crippen LogP contribution in [0.1, 0.15) is 0 Å². The average Bonchev–Trinajstić information content (AvgIpc) is 2.65. The number of rotatable bonds is 1. The second-order valence-electron chi connectivity index (χ2n) is 4.52. The predicted molar refractivity (Wildman–Crippen MR) is 80.8 cm³/mol. The van der Waals surface area contributed by atoms with Crippen LogP contribution in [0.25, 0.3) is 11.1 Å². The standard InChI is InChI=1S/C10H8N2.C6H2Cl2O4/c1-5-11-6-2-9(1)10-3-7-12-8-4-10;7-1-3(9)5(11)2(8)6(12)4(1)10/h1-8H;9,12H. The lowest BCUT2D eigenvalue weighted by atomic mass is 10.1. The molecule has 0 saturated heterocycles. The van der Waals surface area contributed by atoms with Gasteiger partial charge in [0.15, 0.2) is 36.4 Å². The molecule has 122 valence electrons. The fourth-order valence-corrected chi connectivity index (χ4v) is 2.11. The number of hydrogen-bond donors (Lipinski definition) is 0.